The summed E-state index contributed by atoms with van der Waals surface area (Å²) >= 11 is 12.0. The normalized spacial score (nSPS) is 11.0. The Balaban J connectivity index is 0.00000338. The van der Waals surface area contributed by atoms with Crippen molar-refractivity contribution in [3.63, 3.8) is 0 Å². The monoisotopic (exact) mass is 515 g/mol. The van der Waals surface area contributed by atoms with Crippen LogP contribution in [-0.4, -0.2) is 45.6 Å². The summed E-state index contributed by atoms with van der Waals surface area (Å²) < 4.78 is 7.78. The molecule has 2 N–H and O–H groups in total. The number of halogens is 3. The maximum Gasteiger partial charge on any atom is 0.327 e. The van der Waals surface area contributed by atoms with Crippen LogP contribution in [0.2, 0.25) is 10.2 Å². The Bertz CT molecular complexity index is 775. The van der Waals surface area contributed by atoms with E-state index in [0.29, 0.717) is 34.9 Å². The van der Waals surface area contributed by atoms with Crippen LogP contribution in [0.4, 0.5) is 0 Å². The molecule has 0 atom stereocenters. The molecule has 9 nitrogen and oxygen atoms in total. The van der Waals surface area contributed by atoms with Crippen molar-refractivity contribution in [2.24, 2.45) is 12.0 Å². The lowest BCUT2D eigenvalue weighted by Gasteiger charge is -2.11. The molecule has 0 aromatic carbocycles. The predicted octanol–water partition coefficient (Wildman–Crippen LogP) is 1.58. The molecule has 2 aromatic rings. The fourth-order valence-corrected chi connectivity index (χ4v) is 2.44. The smallest absolute Gasteiger partial charge is 0.327 e. The molecule has 0 saturated heterocycles. The van der Waals surface area contributed by atoms with Crippen molar-refractivity contribution in [2.75, 3.05) is 14.2 Å². The first-order chi connectivity index (χ1) is 11.9. The second kappa shape index (κ2) is 10.6. The van der Waals surface area contributed by atoms with Crippen LogP contribution in [0.25, 0.3) is 0 Å². The van der Waals surface area contributed by atoms with Gasteiger partial charge < -0.3 is 19.9 Å². The molecular weight excluding hydrogens is 496 g/mol. The van der Waals surface area contributed by atoms with Gasteiger partial charge in [0.15, 0.2) is 5.96 Å². The number of carbonyl (C=O) groups excluding carboxylic acids is 1. The molecule has 0 unspecified atom stereocenters. The Labute approximate surface area is 178 Å². The van der Waals surface area contributed by atoms with E-state index in [1.165, 1.54) is 11.8 Å². The van der Waals surface area contributed by atoms with Gasteiger partial charge in [0.05, 0.1) is 31.4 Å². The number of ether oxygens (including phenoxy) is 1. The minimum Gasteiger partial charge on any atom is -0.468 e. The molecule has 0 aliphatic carbocycles. The van der Waals surface area contributed by atoms with Gasteiger partial charge in [0.2, 0.25) is 0 Å². The number of nitrogens with one attached hydrogen (secondary N) is 2. The van der Waals surface area contributed by atoms with Crippen LogP contribution < -0.4 is 10.6 Å². The highest BCUT2D eigenvalue weighted by Crippen LogP contribution is 2.24. The number of methoxy groups -OCH3 is 1. The molecule has 2 heterocycles. The molecule has 0 fully saturated rings. The second-order valence-corrected chi connectivity index (χ2v) is 5.86. The van der Waals surface area contributed by atoms with Gasteiger partial charge in [-0.2, -0.15) is 0 Å². The van der Waals surface area contributed by atoms with Crippen LogP contribution in [-0.2, 0) is 36.2 Å². The Morgan fingerprint density at radius 2 is 2.04 bits per heavy atom. The van der Waals surface area contributed by atoms with E-state index < -0.39 is 0 Å². The fraction of sp³-hybridized carbons (Fsp3) is 0.429. The number of rotatable bonds is 6. The maximum atomic E-state index is 11.2. The molecule has 2 aromatic heterocycles. The molecule has 144 valence electrons. The highest BCUT2D eigenvalue weighted by atomic mass is 127. The zero-order valence-corrected chi connectivity index (χ0v) is 18.3. The second-order valence-electron chi connectivity index (χ2n) is 5.10. The highest BCUT2D eigenvalue weighted by Gasteiger charge is 2.10. The first-order valence-electron chi connectivity index (χ1n) is 7.34. The first-order valence-corrected chi connectivity index (χ1v) is 8.10. The van der Waals surface area contributed by atoms with Crippen molar-refractivity contribution < 1.29 is 9.53 Å². The zero-order chi connectivity index (χ0) is 18.4. The fourth-order valence-electron chi connectivity index (χ4n) is 2.02. The van der Waals surface area contributed by atoms with E-state index in [4.69, 9.17) is 23.2 Å². The first kappa shape index (κ1) is 22.5. The number of guanidine groups is 1. The summed E-state index contributed by atoms with van der Waals surface area (Å²) in [6.45, 7) is 0.915. The van der Waals surface area contributed by atoms with Crippen LogP contribution in [0.1, 0.15) is 11.4 Å². The predicted molar refractivity (Wildman–Crippen MR) is 110 cm³/mol. The molecule has 0 radical (unpaired) electrons. The molecule has 0 aliphatic rings. The Morgan fingerprint density at radius 3 is 2.62 bits per heavy atom. The summed E-state index contributed by atoms with van der Waals surface area (Å²) in [5, 5.41) is 15.1. The van der Waals surface area contributed by atoms with E-state index in [0.717, 1.165) is 5.69 Å². The quantitative estimate of drug-likeness (QED) is 0.262. The van der Waals surface area contributed by atoms with Gasteiger partial charge >= 0.3 is 5.97 Å². The van der Waals surface area contributed by atoms with Crippen molar-refractivity contribution >= 4 is 59.1 Å². The van der Waals surface area contributed by atoms with Crippen molar-refractivity contribution in [1.82, 2.24) is 30.2 Å². The largest absolute Gasteiger partial charge is 0.468 e. The van der Waals surface area contributed by atoms with Gasteiger partial charge in [-0.15, -0.1) is 29.1 Å². The van der Waals surface area contributed by atoms with E-state index in [9.17, 15) is 4.79 Å². The van der Waals surface area contributed by atoms with Crippen LogP contribution in [0, 0.1) is 0 Å². The van der Waals surface area contributed by atoms with E-state index >= 15 is 0 Å². The van der Waals surface area contributed by atoms with E-state index in [-0.39, 0.29) is 36.5 Å². The summed E-state index contributed by atoms with van der Waals surface area (Å²) in [6, 6.07) is 1.79. The van der Waals surface area contributed by atoms with Gasteiger partial charge in [-0.25, -0.2) is 4.68 Å². The molecule has 2 rings (SSSR count). The Hall–Kier alpha value is -1.53. The van der Waals surface area contributed by atoms with Crippen molar-refractivity contribution in [3.05, 3.63) is 33.8 Å². The number of esters is 1. The minimum absolute atomic E-state index is 0. The average Bonchev–Trinajstić information content (AvgIpc) is 3.15. The summed E-state index contributed by atoms with van der Waals surface area (Å²) in [4.78, 5) is 15.3. The van der Waals surface area contributed by atoms with Crippen LogP contribution in [0.15, 0.2) is 17.3 Å². The number of aromatic nitrogens is 4. The molecular formula is C14H20Cl2IN7O2. The van der Waals surface area contributed by atoms with Crippen LogP contribution in [0.5, 0.6) is 0 Å². The zero-order valence-electron chi connectivity index (χ0n) is 14.5. The molecule has 0 saturated carbocycles. The molecule has 26 heavy (non-hydrogen) atoms. The summed E-state index contributed by atoms with van der Waals surface area (Å²) in [5.41, 5.74) is 1.58. The Kier molecular flexibility index (Phi) is 9.16. The van der Waals surface area contributed by atoms with E-state index in [1.54, 1.807) is 23.9 Å². The summed E-state index contributed by atoms with van der Waals surface area (Å²) in [6.07, 6.45) is 1.66. The lowest BCUT2D eigenvalue weighted by molar-refractivity contribution is -0.141. The molecule has 0 amide bonds. The molecule has 12 heteroatoms. The van der Waals surface area contributed by atoms with Crippen LogP contribution >= 0.6 is 47.2 Å². The van der Waals surface area contributed by atoms with Gasteiger partial charge in [-0.05, 0) is 6.07 Å². The number of hydrogen-bond acceptors (Lipinski definition) is 5. The van der Waals surface area contributed by atoms with Gasteiger partial charge in [0.25, 0.3) is 0 Å². The third kappa shape index (κ3) is 6.02. The van der Waals surface area contributed by atoms with Gasteiger partial charge in [0.1, 0.15) is 17.4 Å². The van der Waals surface area contributed by atoms with E-state index in [2.05, 4.69) is 30.7 Å². The lowest BCUT2D eigenvalue weighted by atomic mass is 10.4. The molecule has 0 spiro atoms. The third-order valence-electron chi connectivity index (χ3n) is 3.42. The topological polar surface area (TPSA) is 98.4 Å². The highest BCUT2D eigenvalue weighted by molar-refractivity contribution is 14.0. The summed E-state index contributed by atoms with van der Waals surface area (Å²) in [7, 11) is 4.82. The van der Waals surface area contributed by atoms with Gasteiger partial charge in [-0.3, -0.25) is 9.79 Å². The minimum atomic E-state index is -0.387. The summed E-state index contributed by atoms with van der Waals surface area (Å²) in [5.74, 6) is 0.192. The number of carbonyl (C=O) groups is 1. The van der Waals surface area contributed by atoms with E-state index in [1.807, 2.05) is 7.05 Å². The van der Waals surface area contributed by atoms with Crippen LogP contribution in [0.3, 0.4) is 0 Å². The molecule has 0 bridgehead atoms. The van der Waals surface area contributed by atoms with Gasteiger partial charge in [-0.1, -0.05) is 28.4 Å². The average molecular weight is 516 g/mol. The standard InChI is InChI=1S/C14H19Cl2N7O2.HI/c1-17-14(19-6-10-4-11(15)13(16)22(10)2)18-5-9-7-23(21-20-9)8-12(24)25-3;/h4,7H,5-6,8H2,1-3H3,(H2,17,18,19);1H. The maximum absolute atomic E-state index is 11.2. The van der Waals surface area contributed by atoms with Crippen molar-refractivity contribution in [1.29, 1.82) is 0 Å². The lowest BCUT2D eigenvalue weighted by Crippen LogP contribution is -2.36. The van der Waals surface area contributed by atoms with Crippen molar-refractivity contribution in [3.8, 4) is 0 Å². The Morgan fingerprint density at radius 1 is 1.35 bits per heavy atom. The number of hydrogen-bond donors (Lipinski definition) is 2. The van der Waals surface area contributed by atoms with Gasteiger partial charge in [0, 0.05) is 19.8 Å². The number of nitrogens with zero attached hydrogens (tertiary/aromatic N) is 5. The number of aliphatic imine (C=N–C) groups is 1. The van der Waals surface area contributed by atoms with Crippen molar-refractivity contribution in [2.45, 2.75) is 19.6 Å². The third-order valence-corrected chi connectivity index (χ3v) is 4.26. The molecule has 0 aliphatic heterocycles. The SMILES string of the molecule is CN=C(NCc1cn(CC(=O)OC)nn1)NCc1cc(Cl)c(Cl)n1C.I.